The molecular weight excluding hydrogens is 289 g/mol. The molecule has 0 spiro atoms. The van der Waals surface area contributed by atoms with Gasteiger partial charge in [0.15, 0.2) is 0 Å². The van der Waals surface area contributed by atoms with Gasteiger partial charge < -0.3 is 0 Å². The molecule has 0 radical (unpaired) electrons. The molecule has 3 N–H and O–H groups in total. The summed E-state index contributed by atoms with van der Waals surface area (Å²) >= 11 is 5.83. The molecule has 6 heteroatoms. The van der Waals surface area contributed by atoms with Gasteiger partial charge in [0.25, 0.3) is 0 Å². The Morgan fingerprint density at radius 2 is 1.85 bits per heavy atom. The Morgan fingerprint density at radius 3 is 2.40 bits per heavy atom. The molecule has 0 heterocycles. The van der Waals surface area contributed by atoms with Crippen LogP contribution in [0.4, 0.5) is 13.2 Å². The first-order chi connectivity index (χ1) is 9.41. The van der Waals surface area contributed by atoms with Crippen LogP contribution in [0.1, 0.15) is 37.3 Å². The van der Waals surface area contributed by atoms with Crippen LogP contribution < -0.4 is 11.3 Å². The molecule has 1 fully saturated rings. The molecule has 3 unspecified atom stereocenters. The van der Waals surface area contributed by atoms with Crippen LogP contribution in [0, 0.1) is 11.8 Å². The highest BCUT2D eigenvalue weighted by Crippen LogP contribution is 2.43. The SMILES string of the molecule is NNC(c1ccc(Cl)cc1)C1CCCC(C(F)(F)F)C1. The van der Waals surface area contributed by atoms with E-state index in [9.17, 15) is 13.2 Å². The summed E-state index contributed by atoms with van der Waals surface area (Å²) in [6, 6.07) is 6.81. The summed E-state index contributed by atoms with van der Waals surface area (Å²) in [5.41, 5.74) is 3.55. The molecule has 1 saturated carbocycles. The van der Waals surface area contributed by atoms with Crippen LogP contribution in [0.25, 0.3) is 0 Å². The standard InChI is InChI=1S/C14H18ClF3N2/c15-12-6-4-9(5-7-12)13(20-19)10-2-1-3-11(8-10)14(16,17)18/h4-7,10-11,13,20H,1-3,8,19H2. The van der Waals surface area contributed by atoms with Crippen molar-refractivity contribution in [3.05, 3.63) is 34.9 Å². The second kappa shape index (κ2) is 6.33. The highest BCUT2D eigenvalue weighted by Gasteiger charge is 2.43. The van der Waals surface area contributed by atoms with E-state index in [0.717, 1.165) is 12.0 Å². The normalized spacial score (nSPS) is 25.4. The highest BCUT2D eigenvalue weighted by molar-refractivity contribution is 6.30. The number of hydrogen-bond acceptors (Lipinski definition) is 2. The van der Waals surface area contributed by atoms with Crippen LogP contribution in [0.15, 0.2) is 24.3 Å². The van der Waals surface area contributed by atoms with Crippen LogP contribution in [-0.4, -0.2) is 6.18 Å². The molecule has 0 bridgehead atoms. The van der Waals surface area contributed by atoms with Crippen molar-refractivity contribution in [1.82, 2.24) is 5.43 Å². The Kier molecular flexibility index (Phi) is 4.94. The molecule has 1 aromatic rings. The maximum Gasteiger partial charge on any atom is 0.391 e. The van der Waals surface area contributed by atoms with Gasteiger partial charge in [0.2, 0.25) is 0 Å². The van der Waals surface area contributed by atoms with E-state index in [4.69, 9.17) is 17.4 Å². The van der Waals surface area contributed by atoms with E-state index in [1.165, 1.54) is 0 Å². The molecule has 1 aromatic carbocycles. The molecule has 112 valence electrons. The number of hydrogen-bond donors (Lipinski definition) is 2. The summed E-state index contributed by atoms with van der Waals surface area (Å²) in [4.78, 5) is 0. The lowest BCUT2D eigenvalue weighted by molar-refractivity contribution is -0.186. The number of alkyl halides is 3. The van der Waals surface area contributed by atoms with Crippen LogP contribution in [0.5, 0.6) is 0 Å². The first kappa shape index (κ1) is 15.6. The first-order valence-corrected chi connectivity index (χ1v) is 7.08. The van der Waals surface area contributed by atoms with Gasteiger partial charge in [-0.15, -0.1) is 0 Å². The van der Waals surface area contributed by atoms with Gasteiger partial charge in [-0.2, -0.15) is 13.2 Å². The summed E-state index contributed by atoms with van der Waals surface area (Å²) in [6.07, 6.45) is -2.43. The molecule has 0 aliphatic heterocycles. The second-order valence-corrected chi connectivity index (χ2v) is 5.80. The zero-order chi connectivity index (χ0) is 14.8. The lowest BCUT2D eigenvalue weighted by atomic mass is 9.76. The lowest BCUT2D eigenvalue weighted by Crippen LogP contribution is -2.38. The summed E-state index contributed by atoms with van der Waals surface area (Å²) in [5.74, 6) is 4.24. The molecule has 20 heavy (non-hydrogen) atoms. The van der Waals surface area contributed by atoms with Crippen LogP contribution in [0.3, 0.4) is 0 Å². The minimum atomic E-state index is -4.11. The maximum atomic E-state index is 12.9. The fourth-order valence-electron chi connectivity index (χ4n) is 3.00. The fourth-order valence-corrected chi connectivity index (χ4v) is 3.13. The molecule has 1 aliphatic carbocycles. The quantitative estimate of drug-likeness (QED) is 0.648. The summed E-state index contributed by atoms with van der Waals surface area (Å²) in [6.45, 7) is 0. The number of hydrazine groups is 1. The number of nitrogens with one attached hydrogen (secondary N) is 1. The van der Waals surface area contributed by atoms with Gasteiger partial charge >= 0.3 is 6.18 Å². The summed E-state index contributed by atoms with van der Waals surface area (Å²) in [7, 11) is 0. The second-order valence-electron chi connectivity index (χ2n) is 5.36. The Morgan fingerprint density at radius 1 is 1.20 bits per heavy atom. The van der Waals surface area contributed by atoms with Gasteiger partial charge in [0.05, 0.1) is 5.92 Å². The smallest absolute Gasteiger partial charge is 0.271 e. The van der Waals surface area contributed by atoms with Gasteiger partial charge in [-0.1, -0.05) is 30.2 Å². The molecule has 2 nitrogen and oxygen atoms in total. The predicted molar refractivity (Wildman–Crippen MR) is 73.0 cm³/mol. The molecule has 0 aromatic heterocycles. The van der Waals surface area contributed by atoms with Gasteiger partial charge in [0.1, 0.15) is 0 Å². The monoisotopic (exact) mass is 306 g/mol. The molecule has 0 saturated heterocycles. The number of nitrogens with two attached hydrogens (primary N) is 1. The van der Waals surface area contributed by atoms with E-state index in [1.807, 2.05) is 12.1 Å². The van der Waals surface area contributed by atoms with E-state index in [-0.39, 0.29) is 24.8 Å². The van der Waals surface area contributed by atoms with E-state index < -0.39 is 12.1 Å². The van der Waals surface area contributed by atoms with Crippen molar-refractivity contribution < 1.29 is 13.2 Å². The third kappa shape index (κ3) is 3.65. The Hall–Kier alpha value is -0.780. The van der Waals surface area contributed by atoms with Crippen LogP contribution in [0.2, 0.25) is 5.02 Å². The molecular formula is C14H18ClF3N2. The minimum absolute atomic E-state index is 0.110. The average molecular weight is 307 g/mol. The Balaban J connectivity index is 2.13. The van der Waals surface area contributed by atoms with Gasteiger partial charge in [-0.25, -0.2) is 0 Å². The highest BCUT2D eigenvalue weighted by atomic mass is 35.5. The van der Waals surface area contributed by atoms with Gasteiger partial charge in [-0.3, -0.25) is 11.3 Å². The van der Waals surface area contributed by atoms with Crippen molar-refractivity contribution in [2.24, 2.45) is 17.7 Å². The summed E-state index contributed by atoms with van der Waals surface area (Å²) in [5, 5.41) is 0.598. The Labute approximate surface area is 121 Å². The topological polar surface area (TPSA) is 38.0 Å². The molecule has 3 atom stereocenters. The zero-order valence-corrected chi connectivity index (χ0v) is 11.7. The predicted octanol–water partition coefficient (Wildman–Crippen LogP) is 4.21. The molecule has 2 rings (SSSR count). The van der Waals surface area contributed by atoms with Crippen LogP contribution in [-0.2, 0) is 0 Å². The molecule has 0 amide bonds. The van der Waals surface area contributed by atoms with Gasteiger partial charge in [-0.05, 0) is 42.9 Å². The van der Waals surface area contributed by atoms with E-state index in [0.29, 0.717) is 11.4 Å². The zero-order valence-electron chi connectivity index (χ0n) is 11.0. The summed E-state index contributed by atoms with van der Waals surface area (Å²) < 4.78 is 38.6. The number of rotatable bonds is 3. The van der Waals surface area contributed by atoms with Crippen molar-refractivity contribution in [2.75, 3.05) is 0 Å². The maximum absolute atomic E-state index is 12.9. The van der Waals surface area contributed by atoms with Crippen molar-refractivity contribution in [1.29, 1.82) is 0 Å². The number of benzene rings is 1. The van der Waals surface area contributed by atoms with Crippen molar-refractivity contribution >= 4 is 11.6 Å². The van der Waals surface area contributed by atoms with Crippen molar-refractivity contribution in [2.45, 2.75) is 37.9 Å². The van der Waals surface area contributed by atoms with Crippen molar-refractivity contribution in [3.63, 3.8) is 0 Å². The first-order valence-electron chi connectivity index (χ1n) is 6.70. The lowest BCUT2D eigenvalue weighted by Gasteiger charge is -2.35. The van der Waals surface area contributed by atoms with E-state index in [2.05, 4.69) is 5.43 Å². The minimum Gasteiger partial charge on any atom is -0.271 e. The third-order valence-electron chi connectivity index (χ3n) is 4.06. The average Bonchev–Trinajstić information content (AvgIpc) is 2.41. The van der Waals surface area contributed by atoms with E-state index >= 15 is 0 Å². The third-order valence-corrected chi connectivity index (χ3v) is 4.31. The largest absolute Gasteiger partial charge is 0.391 e. The van der Waals surface area contributed by atoms with E-state index in [1.54, 1.807) is 12.1 Å². The Bertz CT molecular complexity index is 433. The number of halogens is 4. The van der Waals surface area contributed by atoms with Crippen molar-refractivity contribution in [3.8, 4) is 0 Å². The molecule has 1 aliphatic rings. The fraction of sp³-hybridized carbons (Fsp3) is 0.571. The van der Waals surface area contributed by atoms with Gasteiger partial charge in [0, 0.05) is 11.1 Å². The van der Waals surface area contributed by atoms with Crippen LogP contribution >= 0.6 is 11.6 Å².